The molecule has 0 saturated heterocycles. The second kappa shape index (κ2) is 5.83. The van der Waals surface area contributed by atoms with Gasteiger partial charge in [-0.2, -0.15) is 0 Å². The van der Waals surface area contributed by atoms with Crippen LogP contribution in [-0.2, 0) is 11.2 Å². The number of rotatable bonds is 3. The van der Waals surface area contributed by atoms with E-state index in [0.29, 0.717) is 17.5 Å². The van der Waals surface area contributed by atoms with Crippen LogP contribution < -0.4 is 5.56 Å². The standard InChI is InChI=1S/C19H17FN2O2/c1-24-11-15-6-8-18-21-17-10-13(12-3-2-4-14(20)9-12)5-7-16(17)19(23)22(15)18/h2-5,7,9-10,15H,6,8,11H2,1H3. The van der Waals surface area contributed by atoms with Gasteiger partial charge in [-0.05, 0) is 41.8 Å². The van der Waals surface area contributed by atoms with E-state index in [-0.39, 0.29) is 17.4 Å². The highest BCUT2D eigenvalue weighted by Crippen LogP contribution is 2.27. The Bertz CT molecular complexity index is 981. The molecule has 0 saturated carbocycles. The number of aromatic nitrogens is 2. The van der Waals surface area contributed by atoms with Gasteiger partial charge in [-0.3, -0.25) is 9.36 Å². The highest BCUT2D eigenvalue weighted by Gasteiger charge is 2.25. The van der Waals surface area contributed by atoms with Gasteiger partial charge in [0, 0.05) is 13.5 Å². The van der Waals surface area contributed by atoms with Gasteiger partial charge in [0.1, 0.15) is 11.6 Å². The zero-order chi connectivity index (χ0) is 16.7. The highest BCUT2D eigenvalue weighted by molar-refractivity contribution is 5.83. The Labute approximate surface area is 138 Å². The molecule has 2 heterocycles. The molecule has 1 aromatic heterocycles. The zero-order valence-corrected chi connectivity index (χ0v) is 13.3. The summed E-state index contributed by atoms with van der Waals surface area (Å²) in [7, 11) is 1.64. The number of hydrogen-bond donors (Lipinski definition) is 0. The maximum Gasteiger partial charge on any atom is 0.261 e. The van der Waals surface area contributed by atoms with Gasteiger partial charge < -0.3 is 4.74 Å². The van der Waals surface area contributed by atoms with Crippen molar-refractivity contribution in [3.8, 4) is 11.1 Å². The normalized spacial score (nSPS) is 16.5. The van der Waals surface area contributed by atoms with E-state index >= 15 is 0 Å². The van der Waals surface area contributed by atoms with Gasteiger partial charge in [0.2, 0.25) is 0 Å². The number of hydrogen-bond acceptors (Lipinski definition) is 3. The maximum atomic E-state index is 13.4. The molecule has 1 unspecified atom stereocenters. The zero-order valence-electron chi connectivity index (χ0n) is 13.3. The maximum absolute atomic E-state index is 13.4. The van der Waals surface area contributed by atoms with Crippen LogP contribution in [0.1, 0.15) is 18.3 Å². The molecular weight excluding hydrogens is 307 g/mol. The number of aryl methyl sites for hydroxylation is 1. The fourth-order valence-electron chi connectivity index (χ4n) is 3.42. The minimum Gasteiger partial charge on any atom is -0.383 e. The summed E-state index contributed by atoms with van der Waals surface area (Å²) < 4.78 is 20.4. The highest BCUT2D eigenvalue weighted by atomic mass is 19.1. The molecule has 122 valence electrons. The van der Waals surface area contributed by atoms with Gasteiger partial charge in [-0.15, -0.1) is 0 Å². The van der Waals surface area contributed by atoms with Crippen LogP contribution in [0.25, 0.3) is 22.0 Å². The molecule has 1 aliphatic heterocycles. The van der Waals surface area contributed by atoms with Crippen LogP contribution in [0.4, 0.5) is 4.39 Å². The molecule has 3 aromatic rings. The number of methoxy groups -OCH3 is 1. The smallest absolute Gasteiger partial charge is 0.261 e. The Kier molecular flexibility index (Phi) is 3.65. The Hall–Kier alpha value is -2.53. The molecule has 4 nitrogen and oxygen atoms in total. The largest absolute Gasteiger partial charge is 0.383 e. The van der Waals surface area contributed by atoms with E-state index in [9.17, 15) is 9.18 Å². The van der Waals surface area contributed by atoms with Crippen molar-refractivity contribution in [1.82, 2.24) is 9.55 Å². The number of fused-ring (bicyclic) bond motifs is 2. The van der Waals surface area contributed by atoms with E-state index < -0.39 is 0 Å². The molecule has 1 atom stereocenters. The molecular formula is C19H17FN2O2. The molecule has 1 aliphatic rings. The SMILES string of the molecule is COCC1CCc2nc3cc(-c4cccc(F)c4)ccc3c(=O)n21. The van der Waals surface area contributed by atoms with Crippen molar-refractivity contribution in [2.24, 2.45) is 0 Å². The van der Waals surface area contributed by atoms with Crippen molar-refractivity contribution in [2.75, 3.05) is 13.7 Å². The topological polar surface area (TPSA) is 44.1 Å². The van der Waals surface area contributed by atoms with Gasteiger partial charge in [-0.25, -0.2) is 9.37 Å². The molecule has 4 rings (SSSR count). The third kappa shape index (κ3) is 2.41. The minimum absolute atomic E-state index is 0.0275. The van der Waals surface area contributed by atoms with E-state index in [2.05, 4.69) is 4.98 Å². The van der Waals surface area contributed by atoms with Gasteiger partial charge in [0.15, 0.2) is 0 Å². The summed E-state index contributed by atoms with van der Waals surface area (Å²) in [6.45, 7) is 0.515. The first-order chi connectivity index (χ1) is 11.7. The fraction of sp³-hybridized carbons (Fsp3) is 0.263. The van der Waals surface area contributed by atoms with Gasteiger partial charge in [-0.1, -0.05) is 18.2 Å². The molecule has 5 heteroatoms. The number of benzene rings is 2. The summed E-state index contributed by atoms with van der Waals surface area (Å²) >= 11 is 0. The second-order valence-corrected chi connectivity index (χ2v) is 6.09. The number of halogens is 1. The third-order valence-electron chi connectivity index (χ3n) is 4.56. The molecule has 0 aliphatic carbocycles. The Morgan fingerprint density at radius 3 is 2.88 bits per heavy atom. The van der Waals surface area contributed by atoms with Gasteiger partial charge >= 0.3 is 0 Å². The summed E-state index contributed by atoms with van der Waals surface area (Å²) in [5, 5.41) is 0.585. The molecule has 24 heavy (non-hydrogen) atoms. The Morgan fingerprint density at radius 2 is 2.08 bits per heavy atom. The van der Waals surface area contributed by atoms with E-state index in [1.807, 2.05) is 18.2 Å². The van der Waals surface area contributed by atoms with Crippen LogP contribution in [-0.4, -0.2) is 23.3 Å². The van der Waals surface area contributed by atoms with E-state index in [1.165, 1.54) is 12.1 Å². The average Bonchev–Trinajstić information content (AvgIpc) is 2.98. The van der Waals surface area contributed by atoms with Crippen molar-refractivity contribution in [1.29, 1.82) is 0 Å². The second-order valence-electron chi connectivity index (χ2n) is 6.09. The molecule has 0 amide bonds. The first-order valence-corrected chi connectivity index (χ1v) is 7.97. The van der Waals surface area contributed by atoms with E-state index in [0.717, 1.165) is 29.8 Å². The Balaban J connectivity index is 1.87. The lowest BCUT2D eigenvalue weighted by Crippen LogP contribution is -2.26. The van der Waals surface area contributed by atoms with Crippen LogP contribution >= 0.6 is 0 Å². The van der Waals surface area contributed by atoms with Crippen molar-refractivity contribution < 1.29 is 9.13 Å². The minimum atomic E-state index is -0.281. The summed E-state index contributed by atoms with van der Waals surface area (Å²) in [6.07, 6.45) is 1.63. The molecule has 0 spiro atoms. The van der Waals surface area contributed by atoms with E-state index in [1.54, 1.807) is 23.8 Å². The number of ether oxygens (including phenoxy) is 1. The summed E-state index contributed by atoms with van der Waals surface area (Å²) in [4.78, 5) is 17.5. The molecule has 0 radical (unpaired) electrons. The van der Waals surface area contributed by atoms with Crippen molar-refractivity contribution in [3.63, 3.8) is 0 Å². The predicted octanol–water partition coefficient (Wildman–Crippen LogP) is 3.34. The van der Waals surface area contributed by atoms with Gasteiger partial charge in [0.25, 0.3) is 5.56 Å². The molecule has 0 bridgehead atoms. The van der Waals surface area contributed by atoms with Crippen molar-refractivity contribution in [3.05, 3.63) is 64.5 Å². The third-order valence-corrected chi connectivity index (χ3v) is 4.56. The summed E-state index contributed by atoms with van der Waals surface area (Å²) in [6, 6.07) is 11.9. The molecule has 2 aromatic carbocycles. The lowest BCUT2D eigenvalue weighted by molar-refractivity contribution is 0.157. The van der Waals surface area contributed by atoms with Crippen LogP contribution in [0, 0.1) is 5.82 Å². The Morgan fingerprint density at radius 1 is 1.25 bits per heavy atom. The van der Waals surface area contributed by atoms with Crippen molar-refractivity contribution in [2.45, 2.75) is 18.9 Å². The monoisotopic (exact) mass is 324 g/mol. The molecule has 0 N–H and O–H groups in total. The van der Waals surface area contributed by atoms with Crippen LogP contribution in [0.3, 0.4) is 0 Å². The first kappa shape index (κ1) is 15.0. The van der Waals surface area contributed by atoms with Crippen LogP contribution in [0.15, 0.2) is 47.3 Å². The molecule has 0 fully saturated rings. The quantitative estimate of drug-likeness (QED) is 0.742. The lowest BCUT2D eigenvalue weighted by atomic mass is 10.0. The number of nitrogens with zero attached hydrogens (tertiary/aromatic N) is 2. The fourth-order valence-corrected chi connectivity index (χ4v) is 3.42. The van der Waals surface area contributed by atoms with E-state index in [4.69, 9.17) is 4.74 Å². The average molecular weight is 324 g/mol. The van der Waals surface area contributed by atoms with Crippen LogP contribution in [0.5, 0.6) is 0 Å². The lowest BCUT2D eigenvalue weighted by Gasteiger charge is -2.14. The summed E-state index contributed by atoms with van der Waals surface area (Å²) in [5.41, 5.74) is 2.26. The predicted molar refractivity (Wildman–Crippen MR) is 90.6 cm³/mol. The first-order valence-electron chi connectivity index (χ1n) is 7.97. The van der Waals surface area contributed by atoms with Crippen LogP contribution in [0.2, 0.25) is 0 Å². The van der Waals surface area contributed by atoms with Crippen molar-refractivity contribution >= 4 is 10.9 Å². The summed E-state index contributed by atoms with van der Waals surface area (Å²) in [5.74, 6) is 0.517. The van der Waals surface area contributed by atoms with Gasteiger partial charge in [0.05, 0.1) is 23.6 Å².